The summed E-state index contributed by atoms with van der Waals surface area (Å²) >= 11 is 0. The molecule has 1 aliphatic carbocycles. The predicted molar refractivity (Wildman–Crippen MR) is 42.6 cm³/mol. The fraction of sp³-hybridized carbons (Fsp3) is 0.857. The van der Waals surface area contributed by atoms with Gasteiger partial charge in [0, 0.05) is 0 Å². The average Bonchev–Trinajstić information content (AvgIpc) is 2.49. The van der Waals surface area contributed by atoms with Crippen molar-refractivity contribution in [3.05, 3.63) is 10.5 Å². The molecule has 1 aromatic rings. The molecule has 2 rings (SSSR count). The highest BCUT2D eigenvalue weighted by Gasteiger charge is 2.48. The maximum Gasteiger partial charge on any atom is 0.361 e. The Morgan fingerprint density at radius 1 is 1.67 bits per heavy atom. The van der Waals surface area contributed by atoms with Crippen LogP contribution in [-0.4, -0.2) is 20.2 Å². The molecule has 0 aromatic carbocycles. The summed E-state index contributed by atoms with van der Waals surface area (Å²) in [6, 6.07) is 0.279. The standard InChI is InChI=1S/C7H12N4O/c1-3-5-4(2)6(5)11-7(12)8-9-10-11/h4-6H,3H2,1-2H3,(H,8,10,12). The van der Waals surface area contributed by atoms with E-state index in [1.807, 2.05) is 0 Å². The lowest BCUT2D eigenvalue weighted by atomic mass is 10.3. The fourth-order valence-corrected chi connectivity index (χ4v) is 1.94. The van der Waals surface area contributed by atoms with Gasteiger partial charge in [-0.15, -0.1) is 0 Å². The van der Waals surface area contributed by atoms with Gasteiger partial charge < -0.3 is 0 Å². The van der Waals surface area contributed by atoms with Gasteiger partial charge in [0.25, 0.3) is 0 Å². The zero-order chi connectivity index (χ0) is 8.72. The van der Waals surface area contributed by atoms with E-state index in [0.717, 1.165) is 6.42 Å². The van der Waals surface area contributed by atoms with E-state index in [0.29, 0.717) is 11.8 Å². The molecule has 5 nitrogen and oxygen atoms in total. The molecule has 1 aromatic heterocycles. The van der Waals surface area contributed by atoms with E-state index >= 15 is 0 Å². The second-order valence-corrected chi connectivity index (χ2v) is 3.37. The number of H-pyrrole nitrogens is 1. The lowest BCUT2D eigenvalue weighted by molar-refractivity contribution is 0.539. The Kier molecular flexibility index (Phi) is 1.52. The van der Waals surface area contributed by atoms with E-state index in [9.17, 15) is 4.79 Å². The summed E-state index contributed by atoms with van der Waals surface area (Å²) in [6.45, 7) is 4.27. The molecule has 66 valence electrons. The molecule has 0 bridgehead atoms. The van der Waals surface area contributed by atoms with Gasteiger partial charge in [-0.25, -0.2) is 9.89 Å². The zero-order valence-electron chi connectivity index (χ0n) is 7.19. The Balaban J connectivity index is 2.24. The highest BCUT2D eigenvalue weighted by molar-refractivity contribution is 4.96. The van der Waals surface area contributed by atoms with Gasteiger partial charge in [0.15, 0.2) is 0 Å². The van der Waals surface area contributed by atoms with Crippen molar-refractivity contribution in [1.82, 2.24) is 20.2 Å². The van der Waals surface area contributed by atoms with Crippen LogP contribution >= 0.6 is 0 Å². The zero-order valence-corrected chi connectivity index (χ0v) is 7.19. The minimum Gasteiger partial charge on any atom is -0.245 e. The van der Waals surface area contributed by atoms with Crippen molar-refractivity contribution in [2.24, 2.45) is 11.8 Å². The maximum absolute atomic E-state index is 11.1. The lowest BCUT2D eigenvalue weighted by Gasteiger charge is -1.92. The van der Waals surface area contributed by atoms with Crippen LogP contribution in [0, 0.1) is 11.8 Å². The van der Waals surface area contributed by atoms with E-state index in [4.69, 9.17) is 0 Å². The molecule has 12 heavy (non-hydrogen) atoms. The lowest BCUT2D eigenvalue weighted by Crippen LogP contribution is -2.18. The fourth-order valence-electron chi connectivity index (χ4n) is 1.94. The predicted octanol–water partition coefficient (Wildman–Crippen LogP) is 0.183. The Hall–Kier alpha value is -1.13. The van der Waals surface area contributed by atoms with Gasteiger partial charge in [-0.05, 0) is 22.3 Å². The summed E-state index contributed by atoms with van der Waals surface area (Å²) in [6.07, 6.45) is 1.10. The molecule has 1 heterocycles. The van der Waals surface area contributed by atoms with E-state index in [2.05, 4.69) is 29.4 Å². The summed E-state index contributed by atoms with van der Waals surface area (Å²) in [5.41, 5.74) is -0.192. The van der Waals surface area contributed by atoms with Gasteiger partial charge >= 0.3 is 5.69 Å². The van der Waals surface area contributed by atoms with Gasteiger partial charge in [-0.3, -0.25) is 0 Å². The van der Waals surface area contributed by atoms with Crippen LogP contribution in [0.25, 0.3) is 0 Å². The van der Waals surface area contributed by atoms with Crippen LogP contribution in [0.4, 0.5) is 0 Å². The molecule has 5 heteroatoms. The van der Waals surface area contributed by atoms with Crippen LogP contribution in [0.3, 0.4) is 0 Å². The number of aromatic nitrogens is 4. The molecule has 3 unspecified atom stereocenters. The summed E-state index contributed by atoms with van der Waals surface area (Å²) in [7, 11) is 0. The van der Waals surface area contributed by atoms with Gasteiger partial charge in [-0.1, -0.05) is 20.3 Å². The Bertz CT molecular complexity index is 328. The smallest absolute Gasteiger partial charge is 0.245 e. The Labute approximate surface area is 69.8 Å². The molecular formula is C7H12N4O. The number of rotatable bonds is 2. The van der Waals surface area contributed by atoms with Crippen LogP contribution in [0.2, 0.25) is 0 Å². The monoisotopic (exact) mass is 168 g/mol. The molecule has 0 saturated heterocycles. The number of nitrogens with one attached hydrogen (secondary N) is 1. The van der Waals surface area contributed by atoms with Crippen LogP contribution in [0.5, 0.6) is 0 Å². The van der Waals surface area contributed by atoms with E-state index < -0.39 is 0 Å². The minimum atomic E-state index is -0.192. The molecule has 0 amide bonds. The van der Waals surface area contributed by atoms with Crippen LogP contribution in [-0.2, 0) is 0 Å². The third-order valence-corrected chi connectivity index (χ3v) is 2.76. The first-order chi connectivity index (χ1) is 5.75. The van der Waals surface area contributed by atoms with Gasteiger partial charge in [0.05, 0.1) is 6.04 Å². The van der Waals surface area contributed by atoms with E-state index in [1.54, 1.807) is 0 Å². The molecule has 1 saturated carbocycles. The van der Waals surface area contributed by atoms with Crippen molar-refractivity contribution in [1.29, 1.82) is 0 Å². The second-order valence-electron chi connectivity index (χ2n) is 3.37. The first-order valence-electron chi connectivity index (χ1n) is 4.25. The summed E-state index contributed by atoms with van der Waals surface area (Å²) in [5.74, 6) is 1.17. The van der Waals surface area contributed by atoms with Crippen LogP contribution < -0.4 is 5.69 Å². The molecule has 0 aliphatic heterocycles. The number of tetrazole rings is 1. The third kappa shape index (κ3) is 0.888. The van der Waals surface area contributed by atoms with Crippen molar-refractivity contribution in [3.8, 4) is 0 Å². The van der Waals surface area contributed by atoms with Crippen molar-refractivity contribution in [3.63, 3.8) is 0 Å². The van der Waals surface area contributed by atoms with Crippen molar-refractivity contribution in [2.75, 3.05) is 0 Å². The van der Waals surface area contributed by atoms with E-state index in [1.165, 1.54) is 4.68 Å². The van der Waals surface area contributed by atoms with Gasteiger partial charge in [-0.2, -0.15) is 4.68 Å². The summed E-state index contributed by atoms with van der Waals surface area (Å²) in [5, 5.41) is 9.49. The first-order valence-corrected chi connectivity index (χ1v) is 4.25. The Morgan fingerprint density at radius 2 is 2.42 bits per heavy atom. The third-order valence-electron chi connectivity index (χ3n) is 2.76. The van der Waals surface area contributed by atoms with Crippen molar-refractivity contribution in [2.45, 2.75) is 26.3 Å². The molecule has 1 aliphatic rings. The average molecular weight is 168 g/mol. The maximum atomic E-state index is 11.1. The summed E-state index contributed by atoms with van der Waals surface area (Å²) < 4.78 is 1.46. The number of hydrogen-bond acceptors (Lipinski definition) is 3. The highest BCUT2D eigenvalue weighted by Crippen LogP contribution is 2.50. The minimum absolute atomic E-state index is 0.192. The topological polar surface area (TPSA) is 63.6 Å². The van der Waals surface area contributed by atoms with Crippen molar-refractivity contribution >= 4 is 0 Å². The molecule has 3 atom stereocenters. The number of hydrogen-bond donors (Lipinski definition) is 1. The molecular weight excluding hydrogens is 156 g/mol. The SMILES string of the molecule is CCC1C(C)C1n1nn[nH]c1=O. The molecule has 0 spiro atoms. The normalized spacial score (nSPS) is 33.7. The number of aromatic amines is 1. The second kappa shape index (κ2) is 2.43. The van der Waals surface area contributed by atoms with Gasteiger partial charge in [0.2, 0.25) is 0 Å². The largest absolute Gasteiger partial charge is 0.361 e. The highest BCUT2D eigenvalue weighted by atomic mass is 16.2. The van der Waals surface area contributed by atoms with E-state index in [-0.39, 0.29) is 11.7 Å². The van der Waals surface area contributed by atoms with Crippen molar-refractivity contribution < 1.29 is 0 Å². The molecule has 0 radical (unpaired) electrons. The van der Waals surface area contributed by atoms with Crippen LogP contribution in [0.1, 0.15) is 26.3 Å². The summed E-state index contributed by atoms with van der Waals surface area (Å²) in [4.78, 5) is 11.1. The quantitative estimate of drug-likeness (QED) is 0.685. The molecule has 1 fully saturated rings. The van der Waals surface area contributed by atoms with Gasteiger partial charge in [0.1, 0.15) is 0 Å². The number of nitrogens with zero attached hydrogens (tertiary/aromatic N) is 3. The Morgan fingerprint density at radius 3 is 2.83 bits per heavy atom. The first kappa shape index (κ1) is 7.52. The van der Waals surface area contributed by atoms with Crippen LogP contribution in [0.15, 0.2) is 4.79 Å². The molecule has 1 N–H and O–H groups in total.